The lowest BCUT2D eigenvalue weighted by Gasteiger charge is -2.02. The average molecular weight is 299 g/mol. The van der Waals surface area contributed by atoms with Crippen molar-refractivity contribution in [2.45, 2.75) is 20.4 Å². The Balaban J connectivity index is 1.78. The van der Waals surface area contributed by atoms with Crippen LogP contribution in [0.25, 0.3) is 16.0 Å². The van der Waals surface area contributed by atoms with Gasteiger partial charge in [0.05, 0.1) is 24.1 Å². The topological polar surface area (TPSA) is 68.0 Å². The van der Waals surface area contributed by atoms with E-state index in [9.17, 15) is 4.79 Å². The fourth-order valence-corrected chi connectivity index (χ4v) is 3.40. The van der Waals surface area contributed by atoms with E-state index in [1.54, 1.807) is 34.5 Å². The van der Waals surface area contributed by atoms with E-state index in [2.05, 4.69) is 33.2 Å². The molecule has 0 amide bonds. The van der Waals surface area contributed by atoms with Crippen LogP contribution in [0.15, 0.2) is 29.6 Å². The van der Waals surface area contributed by atoms with Crippen LogP contribution in [0, 0.1) is 13.8 Å². The summed E-state index contributed by atoms with van der Waals surface area (Å²) in [6, 6.07) is 1.79. The zero-order valence-electron chi connectivity index (χ0n) is 11.6. The highest BCUT2D eigenvalue weighted by Gasteiger charge is 2.11. The van der Waals surface area contributed by atoms with Gasteiger partial charge in [-0.3, -0.25) is 13.8 Å². The molecule has 0 unspecified atom stereocenters. The van der Waals surface area contributed by atoms with Crippen LogP contribution in [0.2, 0.25) is 0 Å². The average Bonchev–Trinajstić information content (AvgIpc) is 3.13. The third kappa shape index (κ3) is 1.81. The third-order valence-electron chi connectivity index (χ3n) is 3.71. The van der Waals surface area contributed by atoms with Crippen LogP contribution >= 0.6 is 11.3 Å². The SMILES string of the molecule is Cc1sc2nc(Cn3cnc4cc[nH]c4c3=O)cn2c1C. The van der Waals surface area contributed by atoms with Gasteiger partial charge in [0.1, 0.15) is 5.52 Å². The van der Waals surface area contributed by atoms with E-state index in [4.69, 9.17) is 0 Å². The summed E-state index contributed by atoms with van der Waals surface area (Å²) >= 11 is 1.66. The molecule has 0 saturated carbocycles. The molecule has 0 radical (unpaired) electrons. The van der Waals surface area contributed by atoms with Gasteiger partial charge in [0, 0.05) is 23.0 Å². The van der Waals surface area contributed by atoms with Gasteiger partial charge in [-0.05, 0) is 19.9 Å². The molecule has 0 fully saturated rings. The van der Waals surface area contributed by atoms with Gasteiger partial charge >= 0.3 is 0 Å². The molecule has 0 aromatic carbocycles. The molecule has 0 bridgehead atoms. The zero-order valence-corrected chi connectivity index (χ0v) is 12.4. The number of fused-ring (bicyclic) bond motifs is 2. The van der Waals surface area contributed by atoms with E-state index in [0.29, 0.717) is 17.6 Å². The maximum absolute atomic E-state index is 12.3. The number of nitrogens with zero attached hydrogens (tertiary/aromatic N) is 4. The molecule has 0 atom stereocenters. The molecule has 4 aromatic heterocycles. The Hall–Kier alpha value is -2.41. The van der Waals surface area contributed by atoms with Crippen molar-refractivity contribution in [2.75, 3.05) is 0 Å². The minimum Gasteiger partial charge on any atom is -0.355 e. The number of hydrogen-bond donors (Lipinski definition) is 1. The predicted molar refractivity (Wildman–Crippen MR) is 82.0 cm³/mol. The second-order valence-corrected chi connectivity index (χ2v) is 6.23. The Morgan fingerprint density at radius 3 is 3.05 bits per heavy atom. The summed E-state index contributed by atoms with van der Waals surface area (Å²) in [7, 11) is 0. The van der Waals surface area contributed by atoms with Crippen molar-refractivity contribution in [3.8, 4) is 0 Å². The quantitative estimate of drug-likeness (QED) is 0.616. The monoisotopic (exact) mass is 299 g/mol. The van der Waals surface area contributed by atoms with Gasteiger partial charge in [0.15, 0.2) is 4.96 Å². The number of rotatable bonds is 2. The smallest absolute Gasteiger partial charge is 0.278 e. The molecular formula is C14H13N5OS. The molecule has 4 aromatic rings. The van der Waals surface area contributed by atoms with Gasteiger partial charge in [-0.2, -0.15) is 0 Å². The number of aryl methyl sites for hydroxylation is 2. The van der Waals surface area contributed by atoms with Crippen molar-refractivity contribution in [1.82, 2.24) is 23.9 Å². The van der Waals surface area contributed by atoms with Crippen LogP contribution in [0.3, 0.4) is 0 Å². The third-order valence-corrected chi connectivity index (χ3v) is 4.78. The molecule has 0 saturated heterocycles. The zero-order chi connectivity index (χ0) is 14.6. The second-order valence-electron chi connectivity index (χ2n) is 5.04. The Bertz CT molecular complexity index is 1020. The largest absolute Gasteiger partial charge is 0.355 e. The first-order chi connectivity index (χ1) is 10.1. The summed E-state index contributed by atoms with van der Waals surface area (Å²) in [5.74, 6) is 0. The molecule has 0 aliphatic heterocycles. The molecule has 4 heterocycles. The maximum Gasteiger partial charge on any atom is 0.278 e. The molecule has 6 nitrogen and oxygen atoms in total. The predicted octanol–water partition coefficient (Wildman–Crippen LogP) is 2.10. The summed E-state index contributed by atoms with van der Waals surface area (Å²) in [5.41, 5.74) is 3.20. The lowest BCUT2D eigenvalue weighted by atomic mass is 10.4. The summed E-state index contributed by atoms with van der Waals surface area (Å²) in [6.45, 7) is 4.58. The maximum atomic E-state index is 12.3. The van der Waals surface area contributed by atoms with Crippen LogP contribution in [0.4, 0.5) is 0 Å². The van der Waals surface area contributed by atoms with Crippen LogP contribution < -0.4 is 5.56 Å². The first-order valence-electron chi connectivity index (χ1n) is 6.60. The molecule has 7 heteroatoms. The van der Waals surface area contributed by atoms with Gasteiger partial charge in [-0.15, -0.1) is 11.3 Å². The lowest BCUT2D eigenvalue weighted by Crippen LogP contribution is -2.21. The Kier molecular flexibility index (Phi) is 2.52. The van der Waals surface area contributed by atoms with E-state index in [1.807, 2.05) is 6.20 Å². The van der Waals surface area contributed by atoms with E-state index in [0.717, 1.165) is 10.7 Å². The van der Waals surface area contributed by atoms with Gasteiger partial charge in [-0.25, -0.2) is 9.97 Å². The van der Waals surface area contributed by atoms with Crippen LogP contribution in [0.1, 0.15) is 16.3 Å². The number of imidazole rings is 1. The Labute approximate surface area is 123 Å². The van der Waals surface area contributed by atoms with Gasteiger partial charge in [0.25, 0.3) is 5.56 Å². The number of thiazole rings is 1. The second kappa shape index (κ2) is 4.29. The summed E-state index contributed by atoms with van der Waals surface area (Å²) in [4.78, 5) is 26.3. The highest BCUT2D eigenvalue weighted by Crippen LogP contribution is 2.21. The molecule has 0 aliphatic carbocycles. The molecule has 0 spiro atoms. The van der Waals surface area contributed by atoms with Crippen molar-refractivity contribution in [2.24, 2.45) is 0 Å². The van der Waals surface area contributed by atoms with Crippen molar-refractivity contribution in [3.63, 3.8) is 0 Å². The van der Waals surface area contributed by atoms with Crippen molar-refractivity contribution >= 4 is 27.3 Å². The van der Waals surface area contributed by atoms with E-state index >= 15 is 0 Å². The summed E-state index contributed by atoms with van der Waals surface area (Å²) < 4.78 is 3.65. The summed E-state index contributed by atoms with van der Waals surface area (Å²) in [6.07, 6.45) is 5.28. The van der Waals surface area contributed by atoms with Crippen molar-refractivity contribution in [3.05, 3.63) is 51.4 Å². The molecule has 0 aliphatic rings. The number of aromatic nitrogens is 5. The van der Waals surface area contributed by atoms with E-state index in [-0.39, 0.29) is 5.56 Å². The molecular weight excluding hydrogens is 286 g/mol. The molecule has 4 rings (SSSR count). The van der Waals surface area contributed by atoms with E-state index in [1.165, 1.54) is 10.6 Å². The molecule has 1 N–H and O–H groups in total. The Morgan fingerprint density at radius 2 is 2.24 bits per heavy atom. The normalized spacial score (nSPS) is 11.7. The minimum absolute atomic E-state index is 0.0748. The number of aromatic amines is 1. The van der Waals surface area contributed by atoms with E-state index < -0.39 is 0 Å². The van der Waals surface area contributed by atoms with Gasteiger partial charge in [0.2, 0.25) is 0 Å². The lowest BCUT2D eigenvalue weighted by molar-refractivity contribution is 0.733. The number of hydrogen-bond acceptors (Lipinski definition) is 4. The summed E-state index contributed by atoms with van der Waals surface area (Å²) in [5, 5.41) is 0. The van der Waals surface area contributed by atoms with Gasteiger partial charge < -0.3 is 4.98 Å². The first kappa shape index (κ1) is 12.3. The highest BCUT2D eigenvalue weighted by molar-refractivity contribution is 7.17. The van der Waals surface area contributed by atoms with Crippen LogP contribution in [-0.4, -0.2) is 23.9 Å². The number of H-pyrrole nitrogens is 1. The molecule has 21 heavy (non-hydrogen) atoms. The van der Waals surface area contributed by atoms with Crippen molar-refractivity contribution in [1.29, 1.82) is 0 Å². The Morgan fingerprint density at radius 1 is 1.38 bits per heavy atom. The van der Waals surface area contributed by atoms with Gasteiger partial charge in [-0.1, -0.05) is 0 Å². The first-order valence-corrected chi connectivity index (χ1v) is 7.41. The van der Waals surface area contributed by atoms with Crippen LogP contribution in [0.5, 0.6) is 0 Å². The minimum atomic E-state index is -0.0748. The van der Waals surface area contributed by atoms with Crippen molar-refractivity contribution < 1.29 is 0 Å². The fraction of sp³-hybridized carbons (Fsp3) is 0.214. The highest BCUT2D eigenvalue weighted by atomic mass is 32.1. The molecule has 106 valence electrons. The van der Waals surface area contributed by atoms with Crippen LogP contribution in [-0.2, 0) is 6.54 Å². The standard InChI is InChI=1S/C14H13N5OS/c1-8-9(2)21-14-17-10(6-19(8)14)5-18-7-16-11-3-4-15-12(11)13(18)20/h3-4,6-7,15H,5H2,1-2H3. The number of nitrogens with one attached hydrogen (secondary N) is 1. The fourth-order valence-electron chi connectivity index (χ4n) is 2.43.